The molecule has 164 valence electrons. The van der Waals surface area contributed by atoms with E-state index in [4.69, 9.17) is 9.47 Å². The Hall–Kier alpha value is -3.35. The van der Waals surface area contributed by atoms with Crippen LogP contribution in [0.4, 0.5) is 9.18 Å². The van der Waals surface area contributed by atoms with Gasteiger partial charge in [-0.15, -0.1) is 0 Å². The first-order valence-electron chi connectivity index (χ1n) is 10.2. The van der Waals surface area contributed by atoms with Crippen molar-refractivity contribution in [2.75, 3.05) is 20.3 Å². The molecule has 0 bridgehead atoms. The van der Waals surface area contributed by atoms with Crippen molar-refractivity contribution in [2.45, 2.75) is 32.7 Å². The highest BCUT2D eigenvalue weighted by atomic mass is 19.1. The van der Waals surface area contributed by atoms with Crippen molar-refractivity contribution >= 4 is 12.0 Å². The molecule has 0 radical (unpaired) electrons. The molecule has 2 amide bonds. The van der Waals surface area contributed by atoms with Crippen LogP contribution in [0.1, 0.15) is 43.9 Å². The smallest absolute Gasteiger partial charge is 0.338 e. The number of likely N-dealkylation sites (N-methyl/N-ethyl adjacent to an activating group) is 1. The Kier molecular flexibility index (Phi) is 6.95. The minimum Gasteiger partial charge on any atom is -0.487 e. The standard InChI is InChI=1S/C24H27FN2O4/c1-5-30-23(28)21-20(14-31-17-12-10-16(11-13-17)15(2)3)27(4)24(29)26-22(21)18-8-6-7-9-19(18)25/h6-13,15,22H,5,14H2,1-4H3,(H,26,29). The third-order valence-electron chi connectivity index (χ3n) is 5.21. The molecule has 1 unspecified atom stereocenters. The lowest BCUT2D eigenvalue weighted by atomic mass is 9.94. The van der Waals surface area contributed by atoms with Crippen molar-refractivity contribution in [1.82, 2.24) is 10.2 Å². The molecule has 0 aromatic heterocycles. The van der Waals surface area contributed by atoms with E-state index in [-0.39, 0.29) is 24.4 Å². The van der Waals surface area contributed by atoms with Gasteiger partial charge in [0.15, 0.2) is 0 Å². The van der Waals surface area contributed by atoms with E-state index in [0.717, 1.165) is 0 Å². The van der Waals surface area contributed by atoms with Crippen molar-refractivity contribution < 1.29 is 23.5 Å². The number of benzene rings is 2. The summed E-state index contributed by atoms with van der Waals surface area (Å²) in [5.41, 5.74) is 1.83. The van der Waals surface area contributed by atoms with E-state index in [1.807, 2.05) is 24.3 Å². The summed E-state index contributed by atoms with van der Waals surface area (Å²) in [6.07, 6.45) is 0. The second-order valence-corrected chi connectivity index (χ2v) is 7.56. The maximum Gasteiger partial charge on any atom is 0.338 e. The molecule has 0 aliphatic carbocycles. The monoisotopic (exact) mass is 426 g/mol. The van der Waals surface area contributed by atoms with Crippen LogP contribution in [-0.2, 0) is 9.53 Å². The molecule has 2 aromatic rings. The van der Waals surface area contributed by atoms with Crippen LogP contribution in [0.5, 0.6) is 5.75 Å². The number of carbonyl (C=O) groups excluding carboxylic acids is 2. The molecule has 0 fully saturated rings. The topological polar surface area (TPSA) is 67.9 Å². The predicted octanol–water partition coefficient (Wildman–Crippen LogP) is 4.54. The van der Waals surface area contributed by atoms with Gasteiger partial charge in [0, 0.05) is 12.6 Å². The van der Waals surface area contributed by atoms with Crippen LogP contribution in [0.3, 0.4) is 0 Å². The summed E-state index contributed by atoms with van der Waals surface area (Å²) in [5, 5.41) is 2.69. The number of halogens is 1. The number of ether oxygens (including phenoxy) is 2. The van der Waals surface area contributed by atoms with E-state index in [1.165, 1.54) is 29.6 Å². The van der Waals surface area contributed by atoms with Crippen LogP contribution in [0.15, 0.2) is 59.8 Å². The minimum atomic E-state index is -0.981. The van der Waals surface area contributed by atoms with Crippen LogP contribution in [-0.4, -0.2) is 37.2 Å². The van der Waals surface area contributed by atoms with Gasteiger partial charge in [-0.25, -0.2) is 14.0 Å². The summed E-state index contributed by atoms with van der Waals surface area (Å²) in [5.74, 6) is -0.163. The van der Waals surface area contributed by atoms with E-state index in [0.29, 0.717) is 17.4 Å². The number of esters is 1. The van der Waals surface area contributed by atoms with Gasteiger partial charge < -0.3 is 14.8 Å². The lowest BCUT2D eigenvalue weighted by molar-refractivity contribution is -0.139. The SMILES string of the molecule is CCOC(=O)C1=C(COc2ccc(C(C)C)cc2)N(C)C(=O)NC1c1ccccc1F. The van der Waals surface area contributed by atoms with Crippen molar-refractivity contribution in [3.8, 4) is 5.75 Å². The summed E-state index contributed by atoms with van der Waals surface area (Å²) < 4.78 is 25.6. The average Bonchev–Trinajstić information content (AvgIpc) is 2.75. The number of hydrogen-bond acceptors (Lipinski definition) is 4. The van der Waals surface area contributed by atoms with Crippen molar-refractivity contribution in [1.29, 1.82) is 0 Å². The number of nitrogens with one attached hydrogen (secondary N) is 1. The maximum absolute atomic E-state index is 14.5. The molecule has 2 aromatic carbocycles. The summed E-state index contributed by atoms with van der Waals surface area (Å²) in [4.78, 5) is 26.8. The lowest BCUT2D eigenvalue weighted by Crippen LogP contribution is -2.48. The second-order valence-electron chi connectivity index (χ2n) is 7.56. The fourth-order valence-corrected chi connectivity index (χ4v) is 3.42. The molecule has 1 N–H and O–H groups in total. The van der Waals surface area contributed by atoms with Gasteiger partial charge >= 0.3 is 12.0 Å². The Morgan fingerprint density at radius 3 is 2.45 bits per heavy atom. The van der Waals surface area contributed by atoms with Crippen LogP contribution in [0, 0.1) is 5.82 Å². The first-order valence-corrected chi connectivity index (χ1v) is 10.2. The lowest BCUT2D eigenvalue weighted by Gasteiger charge is -2.34. The summed E-state index contributed by atoms with van der Waals surface area (Å²) in [6.45, 7) is 5.99. The molecule has 6 nitrogen and oxygen atoms in total. The minimum absolute atomic E-state index is 0.0515. The number of hydrogen-bond donors (Lipinski definition) is 1. The molecule has 0 saturated heterocycles. The highest BCUT2D eigenvalue weighted by molar-refractivity contribution is 5.95. The molecule has 1 aliphatic heterocycles. The largest absolute Gasteiger partial charge is 0.487 e. The summed E-state index contributed by atoms with van der Waals surface area (Å²) >= 11 is 0. The molecule has 7 heteroatoms. The van der Waals surface area contributed by atoms with Gasteiger partial charge in [-0.1, -0.05) is 44.2 Å². The molecule has 0 spiro atoms. The Balaban J connectivity index is 1.99. The first kappa shape index (κ1) is 22.3. The van der Waals surface area contributed by atoms with Gasteiger partial charge in [0.2, 0.25) is 0 Å². The highest BCUT2D eigenvalue weighted by Crippen LogP contribution is 2.32. The van der Waals surface area contributed by atoms with Gasteiger partial charge in [-0.2, -0.15) is 0 Å². The third kappa shape index (κ3) is 4.87. The van der Waals surface area contributed by atoms with Crippen LogP contribution in [0.25, 0.3) is 0 Å². The van der Waals surface area contributed by atoms with Crippen molar-refractivity contribution in [2.24, 2.45) is 0 Å². The Morgan fingerprint density at radius 2 is 1.84 bits per heavy atom. The third-order valence-corrected chi connectivity index (χ3v) is 5.21. The quantitative estimate of drug-likeness (QED) is 0.660. The highest BCUT2D eigenvalue weighted by Gasteiger charge is 2.38. The van der Waals surface area contributed by atoms with E-state index in [2.05, 4.69) is 19.2 Å². The zero-order valence-electron chi connectivity index (χ0n) is 18.1. The summed E-state index contributed by atoms with van der Waals surface area (Å²) in [6, 6.07) is 12.2. The Labute approximate surface area is 181 Å². The Bertz CT molecular complexity index is 985. The van der Waals surface area contributed by atoms with Crippen LogP contribution < -0.4 is 10.1 Å². The predicted molar refractivity (Wildman–Crippen MR) is 115 cm³/mol. The van der Waals surface area contributed by atoms with Crippen molar-refractivity contribution in [3.05, 3.63) is 76.7 Å². The summed E-state index contributed by atoms with van der Waals surface area (Å²) in [7, 11) is 1.53. The molecule has 3 rings (SSSR count). The molecule has 1 heterocycles. The number of urea groups is 1. The molecule has 1 aliphatic rings. The maximum atomic E-state index is 14.5. The molecule has 1 atom stereocenters. The first-order chi connectivity index (χ1) is 14.8. The molecule has 0 saturated carbocycles. The van der Waals surface area contributed by atoms with E-state index >= 15 is 0 Å². The fraction of sp³-hybridized carbons (Fsp3) is 0.333. The van der Waals surface area contributed by atoms with E-state index in [9.17, 15) is 14.0 Å². The van der Waals surface area contributed by atoms with Gasteiger partial charge in [-0.05, 0) is 36.6 Å². The number of rotatable bonds is 7. The zero-order valence-corrected chi connectivity index (χ0v) is 18.1. The second kappa shape index (κ2) is 9.64. The van der Waals surface area contributed by atoms with Crippen LogP contribution >= 0.6 is 0 Å². The zero-order chi connectivity index (χ0) is 22.5. The molecular formula is C24H27FN2O4. The molecule has 31 heavy (non-hydrogen) atoms. The fourth-order valence-electron chi connectivity index (χ4n) is 3.42. The van der Waals surface area contributed by atoms with E-state index in [1.54, 1.807) is 19.1 Å². The van der Waals surface area contributed by atoms with E-state index < -0.39 is 23.9 Å². The Morgan fingerprint density at radius 1 is 1.16 bits per heavy atom. The normalized spacial score (nSPS) is 16.4. The van der Waals surface area contributed by atoms with Gasteiger partial charge in [-0.3, -0.25) is 4.90 Å². The number of nitrogens with zero attached hydrogens (tertiary/aromatic N) is 1. The number of carbonyl (C=O) groups is 2. The van der Waals surface area contributed by atoms with Gasteiger partial charge in [0.05, 0.1) is 23.9 Å². The van der Waals surface area contributed by atoms with Gasteiger partial charge in [0.1, 0.15) is 18.2 Å². The van der Waals surface area contributed by atoms with Crippen molar-refractivity contribution in [3.63, 3.8) is 0 Å². The van der Waals surface area contributed by atoms with Gasteiger partial charge in [0.25, 0.3) is 0 Å². The average molecular weight is 426 g/mol. The van der Waals surface area contributed by atoms with Crippen LogP contribution in [0.2, 0.25) is 0 Å². The number of amides is 2. The molecular weight excluding hydrogens is 399 g/mol.